The fourth-order valence-electron chi connectivity index (χ4n) is 5.58. The number of aryl methyl sites for hydroxylation is 1. The van der Waals surface area contributed by atoms with E-state index in [0.29, 0.717) is 60.3 Å². The molecule has 2 aliphatic rings. The molecule has 14 heteroatoms. The zero-order chi connectivity index (χ0) is 30.1. The van der Waals surface area contributed by atoms with Gasteiger partial charge in [-0.1, -0.05) is 6.07 Å². The molecule has 0 radical (unpaired) electrons. The Morgan fingerprint density at radius 2 is 2.05 bits per heavy atom. The van der Waals surface area contributed by atoms with Crippen LogP contribution >= 0.6 is 0 Å². The summed E-state index contributed by atoms with van der Waals surface area (Å²) in [4.78, 5) is 35.0. The van der Waals surface area contributed by atoms with Crippen LogP contribution in [-0.2, 0) is 14.3 Å². The number of rotatable bonds is 8. The smallest absolute Gasteiger partial charge is 0.262 e. The lowest BCUT2D eigenvalue weighted by Crippen LogP contribution is -2.50. The lowest BCUT2D eigenvalue weighted by molar-refractivity contribution is -0.148. The molecule has 0 spiro atoms. The van der Waals surface area contributed by atoms with Crippen LogP contribution in [-0.4, -0.2) is 61.1 Å². The molecule has 1 aliphatic carbocycles. The van der Waals surface area contributed by atoms with Crippen LogP contribution in [0.1, 0.15) is 61.5 Å². The molecule has 0 aromatic carbocycles. The summed E-state index contributed by atoms with van der Waals surface area (Å²) in [6.07, 6.45) is 6.10. The molecule has 13 nitrogen and oxygen atoms in total. The van der Waals surface area contributed by atoms with E-state index in [1.165, 1.54) is 10.9 Å². The van der Waals surface area contributed by atoms with E-state index in [4.69, 9.17) is 14.5 Å². The first-order valence-electron chi connectivity index (χ1n) is 14.0. The Morgan fingerprint density at radius 3 is 2.70 bits per heavy atom. The van der Waals surface area contributed by atoms with Gasteiger partial charge in [0.25, 0.3) is 11.8 Å². The number of carbonyl (C=O) groups is 2. The summed E-state index contributed by atoms with van der Waals surface area (Å²) in [5, 5.41) is 20.2. The van der Waals surface area contributed by atoms with E-state index in [2.05, 4.69) is 36.2 Å². The molecule has 1 saturated carbocycles. The van der Waals surface area contributed by atoms with E-state index in [-0.39, 0.29) is 30.4 Å². The van der Waals surface area contributed by atoms with E-state index in [1.807, 2.05) is 26.0 Å². The quantitative estimate of drug-likeness (QED) is 0.239. The van der Waals surface area contributed by atoms with Crippen LogP contribution < -0.4 is 20.7 Å². The number of ether oxygens (including phenoxy) is 2. The van der Waals surface area contributed by atoms with Gasteiger partial charge in [-0.2, -0.15) is 10.2 Å². The minimum Gasteiger partial charge on any atom is -0.481 e. The fourth-order valence-corrected chi connectivity index (χ4v) is 5.58. The minimum atomic E-state index is -1.02. The summed E-state index contributed by atoms with van der Waals surface area (Å²) in [7, 11) is 1.55. The Hall–Kier alpha value is -4.85. The number of hydrogen-bond acceptors (Lipinski definition) is 9. The number of anilines is 3. The maximum absolute atomic E-state index is 13.6. The van der Waals surface area contributed by atoms with Gasteiger partial charge in [0, 0.05) is 37.1 Å². The molecule has 43 heavy (non-hydrogen) atoms. The number of fused-ring (bicyclic) bond motifs is 1. The fraction of sp³-hybridized carbons (Fsp3) is 0.379. The molecule has 1 aliphatic heterocycles. The van der Waals surface area contributed by atoms with Gasteiger partial charge < -0.3 is 25.4 Å². The lowest BCUT2D eigenvalue weighted by Gasteiger charge is -2.39. The third-order valence-electron chi connectivity index (χ3n) is 7.99. The normalized spacial score (nSPS) is 20.5. The summed E-state index contributed by atoms with van der Waals surface area (Å²) in [6, 6.07) is 6.80. The van der Waals surface area contributed by atoms with E-state index in [9.17, 15) is 14.0 Å². The van der Waals surface area contributed by atoms with E-state index in [0.717, 1.165) is 17.5 Å². The van der Waals surface area contributed by atoms with Crippen molar-refractivity contribution in [3.05, 3.63) is 65.6 Å². The van der Waals surface area contributed by atoms with Crippen LogP contribution in [0.5, 0.6) is 5.75 Å². The van der Waals surface area contributed by atoms with Crippen LogP contribution in [0.4, 0.5) is 21.7 Å². The number of aromatic amines is 1. The van der Waals surface area contributed by atoms with Gasteiger partial charge in [-0.15, -0.1) is 0 Å². The third-order valence-corrected chi connectivity index (χ3v) is 7.99. The average molecular weight is 590 g/mol. The first-order valence-corrected chi connectivity index (χ1v) is 14.0. The van der Waals surface area contributed by atoms with E-state index in [1.54, 1.807) is 25.4 Å². The predicted octanol–water partition coefficient (Wildman–Crippen LogP) is 3.83. The van der Waals surface area contributed by atoms with Crippen molar-refractivity contribution in [3.63, 3.8) is 0 Å². The predicted molar refractivity (Wildman–Crippen MR) is 154 cm³/mol. The number of pyridine rings is 2. The molecule has 4 N–H and O–H groups in total. The van der Waals surface area contributed by atoms with Gasteiger partial charge in [0.1, 0.15) is 22.9 Å². The number of aromatic nitrogens is 6. The van der Waals surface area contributed by atoms with Crippen molar-refractivity contribution in [2.24, 2.45) is 0 Å². The molecule has 1 fully saturated rings. The zero-order valence-corrected chi connectivity index (χ0v) is 24.0. The number of nitrogens with zero attached hydrogens (tertiary/aromatic N) is 5. The highest BCUT2D eigenvalue weighted by Gasteiger charge is 2.44. The van der Waals surface area contributed by atoms with Crippen molar-refractivity contribution in [2.45, 2.75) is 57.1 Å². The summed E-state index contributed by atoms with van der Waals surface area (Å²) in [5.41, 5.74) is 1.92. The SMILES string of the molecule is CO[C@]1(C(=O)N[C@@H](C)c2ccc(-n3cc(F)cn3)nc2)CC[C@H](c2nc(Nc3cc(C)[nH]n3)cc3c2NC(=O)CO3)CC1. The summed E-state index contributed by atoms with van der Waals surface area (Å²) in [6.45, 7) is 3.70. The molecule has 1 atom stereocenters. The van der Waals surface area contributed by atoms with Crippen molar-refractivity contribution < 1.29 is 23.5 Å². The third kappa shape index (κ3) is 5.78. The lowest BCUT2D eigenvalue weighted by atomic mass is 9.76. The van der Waals surface area contributed by atoms with E-state index >= 15 is 0 Å². The number of nitrogens with one attached hydrogen (secondary N) is 4. The molecule has 0 unspecified atom stereocenters. The summed E-state index contributed by atoms with van der Waals surface area (Å²) in [5.74, 6) is 1.21. The molecule has 2 amide bonds. The average Bonchev–Trinajstić information content (AvgIpc) is 3.64. The standard InChI is InChI=1S/C29H32FN9O4/c1-16-10-23(38-37-16)34-22-11-21-27(36-25(40)15-43-21)26(35-22)18-6-8-29(42-3,9-7-18)28(41)33-17(2)19-4-5-24(31-12-19)39-14-20(30)13-32-39/h4-5,10-14,17-18H,6-9,15H2,1-3H3,(H,33,41)(H,36,40)(H2,34,35,37,38)/t17-,18-,29+/m0/s1. The van der Waals surface area contributed by atoms with Gasteiger partial charge in [0.05, 0.1) is 24.1 Å². The monoisotopic (exact) mass is 589 g/mol. The number of hydrogen-bond donors (Lipinski definition) is 4. The van der Waals surface area contributed by atoms with Crippen LogP contribution in [0.25, 0.3) is 5.82 Å². The van der Waals surface area contributed by atoms with Crippen molar-refractivity contribution >= 4 is 29.1 Å². The molecular formula is C29H32FN9O4. The number of methoxy groups -OCH3 is 1. The van der Waals surface area contributed by atoms with Crippen molar-refractivity contribution in [3.8, 4) is 11.6 Å². The number of amides is 2. The largest absolute Gasteiger partial charge is 0.481 e. The molecule has 4 aromatic heterocycles. The second-order valence-corrected chi connectivity index (χ2v) is 10.9. The maximum Gasteiger partial charge on any atom is 0.262 e. The number of carbonyl (C=O) groups excluding carboxylic acids is 2. The van der Waals surface area contributed by atoms with Gasteiger partial charge in [-0.05, 0) is 51.2 Å². The van der Waals surface area contributed by atoms with Crippen LogP contribution in [0.3, 0.4) is 0 Å². The second-order valence-electron chi connectivity index (χ2n) is 10.9. The van der Waals surface area contributed by atoms with Crippen LogP contribution in [0, 0.1) is 12.7 Å². The molecule has 0 saturated heterocycles. The highest BCUT2D eigenvalue weighted by atomic mass is 19.1. The Balaban J connectivity index is 1.16. The van der Waals surface area contributed by atoms with Gasteiger partial charge in [0.2, 0.25) is 0 Å². The van der Waals surface area contributed by atoms with E-state index < -0.39 is 11.4 Å². The molecular weight excluding hydrogens is 557 g/mol. The highest BCUT2D eigenvalue weighted by Crippen LogP contribution is 2.45. The first kappa shape index (κ1) is 28.3. The van der Waals surface area contributed by atoms with Gasteiger partial charge >= 0.3 is 0 Å². The molecule has 4 aromatic rings. The minimum absolute atomic E-state index is 0.0456. The second kappa shape index (κ2) is 11.4. The van der Waals surface area contributed by atoms with Crippen molar-refractivity contribution in [1.82, 2.24) is 35.3 Å². The zero-order valence-electron chi connectivity index (χ0n) is 24.0. The topological polar surface area (TPSA) is 161 Å². The Morgan fingerprint density at radius 1 is 1.23 bits per heavy atom. The number of H-pyrrole nitrogens is 1. The van der Waals surface area contributed by atoms with Crippen molar-refractivity contribution in [2.75, 3.05) is 24.4 Å². The van der Waals surface area contributed by atoms with Crippen molar-refractivity contribution in [1.29, 1.82) is 0 Å². The van der Waals surface area contributed by atoms with Gasteiger partial charge in [-0.25, -0.2) is 19.0 Å². The molecule has 224 valence electrons. The Bertz CT molecular complexity index is 1640. The molecule has 0 bridgehead atoms. The molecule has 5 heterocycles. The van der Waals surface area contributed by atoms with Gasteiger partial charge in [0.15, 0.2) is 24.1 Å². The van der Waals surface area contributed by atoms with Gasteiger partial charge in [-0.3, -0.25) is 14.7 Å². The maximum atomic E-state index is 13.6. The first-order chi connectivity index (χ1) is 20.7. The Labute approximate surface area is 246 Å². The number of halogens is 1. The highest BCUT2D eigenvalue weighted by molar-refractivity contribution is 5.96. The van der Waals surface area contributed by atoms with Crippen LogP contribution in [0.2, 0.25) is 0 Å². The van der Waals surface area contributed by atoms with Crippen LogP contribution in [0.15, 0.2) is 42.9 Å². The Kier molecular flexibility index (Phi) is 7.52. The molecule has 6 rings (SSSR count). The summed E-state index contributed by atoms with van der Waals surface area (Å²) < 4.78 is 26.3. The summed E-state index contributed by atoms with van der Waals surface area (Å²) >= 11 is 0.